The zero-order valence-electron chi connectivity index (χ0n) is 17.8. The molecule has 0 saturated heterocycles. The number of hydrogen-bond acceptors (Lipinski definition) is 5. The van der Waals surface area contributed by atoms with Crippen LogP contribution < -0.4 is 16.0 Å². The summed E-state index contributed by atoms with van der Waals surface area (Å²) in [4.78, 5) is 25.4. The van der Waals surface area contributed by atoms with Gasteiger partial charge in [-0.3, -0.25) is 10.1 Å². The number of amides is 3. The van der Waals surface area contributed by atoms with Gasteiger partial charge in [0, 0.05) is 11.3 Å². The number of nitrogens with one attached hydrogen (secondary N) is 3. The molecule has 10 heteroatoms. The van der Waals surface area contributed by atoms with Crippen molar-refractivity contribution in [1.82, 2.24) is 15.5 Å². The van der Waals surface area contributed by atoms with Crippen molar-refractivity contribution in [2.24, 2.45) is 5.92 Å². The van der Waals surface area contributed by atoms with Gasteiger partial charge in [-0.1, -0.05) is 67.0 Å². The molecule has 0 radical (unpaired) electrons. The Morgan fingerprint density at radius 3 is 2.62 bits per heavy atom. The molecular formula is C22H23ClFN5O2S. The number of rotatable bonds is 7. The Bertz CT molecular complexity index is 1120. The minimum absolute atomic E-state index is 0.111. The van der Waals surface area contributed by atoms with E-state index < -0.39 is 23.8 Å². The van der Waals surface area contributed by atoms with Gasteiger partial charge in [0.05, 0.1) is 5.02 Å². The Kier molecular flexibility index (Phi) is 7.76. The van der Waals surface area contributed by atoms with E-state index in [1.54, 1.807) is 0 Å². The fourth-order valence-electron chi connectivity index (χ4n) is 2.94. The molecule has 0 fully saturated rings. The number of urea groups is 1. The first kappa shape index (κ1) is 23.6. The number of carbonyl (C=O) groups excluding carboxylic acids is 2. The fraction of sp³-hybridized carbons (Fsp3) is 0.273. The number of benzene rings is 2. The zero-order chi connectivity index (χ0) is 23.3. The van der Waals surface area contributed by atoms with E-state index in [-0.39, 0.29) is 10.9 Å². The summed E-state index contributed by atoms with van der Waals surface area (Å²) in [5.41, 5.74) is 2.32. The molecule has 0 saturated carbocycles. The summed E-state index contributed by atoms with van der Waals surface area (Å²) < 4.78 is 13.3. The Morgan fingerprint density at radius 1 is 1.16 bits per heavy atom. The largest absolute Gasteiger partial charge is 0.326 e. The number of anilines is 2. The van der Waals surface area contributed by atoms with Gasteiger partial charge in [0.2, 0.25) is 11.0 Å². The van der Waals surface area contributed by atoms with Crippen molar-refractivity contribution < 1.29 is 14.0 Å². The van der Waals surface area contributed by atoms with E-state index in [0.717, 1.165) is 17.2 Å². The monoisotopic (exact) mass is 475 g/mol. The normalized spacial score (nSPS) is 12.7. The molecule has 2 aromatic carbocycles. The van der Waals surface area contributed by atoms with Crippen molar-refractivity contribution in [2.75, 3.05) is 10.6 Å². The minimum atomic E-state index is -0.817. The van der Waals surface area contributed by atoms with Gasteiger partial charge in [0.15, 0.2) is 0 Å². The van der Waals surface area contributed by atoms with Gasteiger partial charge in [-0.25, -0.2) is 9.18 Å². The molecule has 0 unspecified atom stereocenters. The van der Waals surface area contributed by atoms with Crippen LogP contribution in [-0.2, 0) is 4.79 Å². The van der Waals surface area contributed by atoms with Crippen LogP contribution in [0.1, 0.15) is 25.8 Å². The van der Waals surface area contributed by atoms with Gasteiger partial charge in [0.25, 0.3) is 0 Å². The van der Waals surface area contributed by atoms with Crippen LogP contribution in [0.25, 0.3) is 10.6 Å². The molecule has 0 aliphatic carbocycles. The van der Waals surface area contributed by atoms with Crippen LogP contribution in [-0.4, -0.2) is 28.2 Å². The second kappa shape index (κ2) is 10.5. The third kappa shape index (κ3) is 6.02. The zero-order valence-corrected chi connectivity index (χ0v) is 19.4. The first-order valence-electron chi connectivity index (χ1n) is 10.0. The quantitative estimate of drug-likeness (QED) is 0.421. The third-order valence-electron chi connectivity index (χ3n) is 4.88. The van der Waals surface area contributed by atoms with Gasteiger partial charge >= 0.3 is 6.03 Å². The Morgan fingerprint density at radius 2 is 1.94 bits per heavy atom. The van der Waals surface area contributed by atoms with E-state index in [9.17, 15) is 14.0 Å². The Balaban J connectivity index is 1.68. The van der Waals surface area contributed by atoms with E-state index in [0.29, 0.717) is 22.2 Å². The van der Waals surface area contributed by atoms with E-state index in [4.69, 9.17) is 11.6 Å². The molecule has 2 atom stereocenters. The number of hydrogen-bond donors (Lipinski definition) is 3. The molecule has 1 heterocycles. The van der Waals surface area contributed by atoms with E-state index in [1.807, 2.05) is 45.0 Å². The van der Waals surface area contributed by atoms with Crippen molar-refractivity contribution in [1.29, 1.82) is 0 Å². The summed E-state index contributed by atoms with van der Waals surface area (Å²) >= 11 is 7.00. The number of aryl methyl sites for hydroxylation is 1. The Hall–Kier alpha value is -3.04. The van der Waals surface area contributed by atoms with Crippen molar-refractivity contribution in [3.63, 3.8) is 0 Å². The lowest BCUT2D eigenvalue weighted by Gasteiger charge is -2.23. The summed E-state index contributed by atoms with van der Waals surface area (Å²) in [7, 11) is 0. The first-order valence-corrected chi connectivity index (χ1v) is 11.2. The average molecular weight is 476 g/mol. The third-order valence-corrected chi connectivity index (χ3v) is 6.06. The fourth-order valence-corrected chi connectivity index (χ4v) is 3.86. The maximum atomic E-state index is 13.3. The molecule has 3 rings (SSSR count). The topological polar surface area (TPSA) is 96.0 Å². The van der Waals surface area contributed by atoms with Crippen LogP contribution >= 0.6 is 22.9 Å². The molecule has 3 aromatic rings. The predicted molar refractivity (Wildman–Crippen MR) is 126 cm³/mol. The van der Waals surface area contributed by atoms with E-state index >= 15 is 0 Å². The maximum Gasteiger partial charge on any atom is 0.319 e. The smallest absolute Gasteiger partial charge is 0.319 e. The van der Waals surface area contributed by atoms with Crippen molar-refractivity contribution >= 4 is 45.7 Å². The summed E-state index contributed by atoms with van der Waals surface area (Å²) in [5, 5.41) is 17.1. The molecular weight excluding hydrogens is 453 g/mol. The molecule has 3 amide bonds. The highest BCUT2D eigenvalue weighted by Gasteiger charge is 2.27. The summed E-state index contributed by atoms with van der Waals surface area (Å²) in [6.45, 7) is 5.77. The van der Waals surface area contributed by atoms with Crippen LogP contribution in [0.2, 0.25) is 5.02 Å². The molecule has 168 valence electrons. The van der Waals surface area contributed by atoms with Crippen molar-refractivity contribution in [2.45, 2.75) is 33.2 Å². The van der Waals surface area contributed by atoms with Gasteiger partial charge in [0.1, 0.15) is 16.9 Å². The highest BCUT2D eigenvalue weighted by Crippen LogP contribution is 2.27. The van der Waals surface area contributed by atoms with Crippen LogP contribution in [0, 0.1) is 18.7 Å². The lowest BCUT2D eigenvalue weighted by atomic mass is 9.98. The molecule has 0 aliphatic heterocycles. The van der Waals surface area contributed by atoms with Crippen LogP contribution in [0.3, 0.4) is 0 Å². The van der Waals surface area contributed by atoms with Gasteiger partial charge in [-0.2, -0.15) is 0 Å². The lowest BCUT2D eigenvalue weighted by molar-refractivity contribution is -0.119. The second-order valence-electron chi connectivity index (χ2n) is 7.36. The van der Waals surface area contributed by atoms with Crippen molar-refractivity contribution in [3.05, 3.63) is 58.9 Å². The molecule has 0 bridgehead atoms. The second-order valence-corrected chi connectivity index (χ2v) is 8.75. The molecule has 3 N–H and O–H groups in total. The lowest BCUT2D eigenvalue weighted by Crippen LogP contribution is -2.49. The van der Waals surface area contributed by atoms with E-state index in [1.165, 1.54) is 23.5 Å². The molecule has 1 aromatic heterocycles. The van der Waals surface area contributed by atoms with Crippen molar-refractivity contribution in [3.8, 4) is 10.6 Å². The predicted octanol–water partition coefficient (Wildman–Crippen LogP) is 5.48. The number of nitrogens with zero attached hydrogens (tertiary/aromatic N) is 2. The average Bonchev–Trinajstić information content (AvgIpc) is 3.22. The summed E-state index contributed by atoms with van der Waals surface area (Å²) in [6, 6.07) is 10.2. The Labute approximate surface area is 194 Å². The maximum absolute atomic E-state index is 13.3. The highest BCUT2D eigenvalue weighted by molar-refractivity contribution is 7.18. The van der Waals surface area contributed by atoms with E-state index in [2.05, 4.69) is 26.1 Å². The SMILES string of the molecule is CC[C@@H](C)[C@H](NC(=O)Nc1ccc(F)c(Cl)c1)C(=O)Nc1nnc(-c2cccc(C)c2)s1. The minimum Gasteiger partial charge on any atom is -0.326 e. The van der Waals surface area contributed by atoms with Gasteiger partial charge < -0.3 is 10.6 Å². The number of halogens is 2. The highest BCUT2D eigenvalue weighted by atomic mass is 35.5. The standard InChI is InChI=1S/C22H23ClFN5O2S/c1-4-13(3)18(26-21(31)25-15-8-9-17(24)16(23)11-15)19(30)27-22-29-28-20(32-22)14-7-5-6-12(2)10-14/h5-11,13,18H,4H2,1-3H3,(H2,25,26,31)(H,27,29,30)/t13-,18+/m1/s1. The molecule has 0 spiro atoms. The van der Waals surface area contributed by atoms with Crippen LogP contribution in [0.5, 0.6) is 0 Å². The molecule has 7 nitrogen and oxygen atoms in total. The summed E-state index contributed by atoms with van der Waals surface area (Å²) in [6.07, 6.45) is 0.658. The molecule has 32 heavy (non-hydrogen) atoms. The number of aromatic nitrogens is 2. The summed E-state index contributed by atoms with van der Waals surface area (Å²) in [5.74, 6) is -1.14. The first-order chi connectivity index (χ1) is 15.3. The number of carbonyl (C=O) groups is 2. The van der Waals surface area contributed by atoms with Crippen LogP contribution in [0.4, 0.5) is 20.0 Å². The molecule has 0 aliphatic rings. The van der Waals surface area contributed by atoms with Gasteiger partial charge in [-0.15, -0.1) is 10.2 Å². The van der Waals surface area contributed by atoms with Gasteiger partial charge in [-0.05, 0) is 37.1 Å². The van der Waals surface area contributed by atoms with Crippen LogP contribution in [0.15, 0.2) is 42.5 Å².